The van der Waals surface area contributed by atoms with Gasteiger partial charge in [-0.3, -0.25) is 9.59 Å². The summed E-state index contributed by atoms with van der Waals surface area (Å²) in [6, 6.07) is -0.312. The molecule has 0 unspecified atom stereocenters. The van der Waals surface area contributed by atoms with Crippen molar-refractivity contribution in [2.45, 2.75) is 46.0 Å². The van der Waals surface area contributed by atoms with Crippen LogP contribution in [0, 0.1) is 11.8 Å². The van der Waals surface area contributed by atoms with Gasteiger partial charge in [0.05, 0.1) is 0 Å². The van der Waals surface area contributed by atoms with E-state index in [9.17, 15) is 14.4 Å². The minimum atomic E-state index is -0.852. The molecule has 0 aromatic rings. The molecule has 1 atom stereocenters. The zero-order chi connectivity index (χ0) is 16.3. The molecule has 7 nitrogen and oxygen atoms in total. The number of hydrogen-bond donors (Lipinski definition) is 4. The number of unbranched alkanes of at least 4 members (excludes halogenated alkanes) is 1. The molecule has 0 heterocycles. The summed E-state index contributed by atoms with van der Waals surface area (Å²) in [5.41, 5.74) is 5.01. The Hall–Kier alpha value is -1.79. The van der Waals surface area contributed by atoms with E-state index in [2.05, 4.69) is 10.6 Å². The average molecular weight is 301 g/mol. The SMILES string of the molecule is CC(C)C[C@H](CNC(=O)NCCCCC(N)=O)CC(=O)O. The Balaban J connectivity index is 3.85. The summed E-state index contributed by atoms with van der Waals surface area (Å²) in [5, 5.41) is 14.2. The fraction of sp³-hybridized carbons (Fsp3) is 0.786. The zero-order valence-electron chi connectivity index (χ0n) is 12.9. The Labute approximate surface area is 125 Å². The molecule has 0 radical (unpaired) electrons. The van der Waals surface area contributed by atoms with Crippen molar-refractivity contribution in [3.05, 3.63) is 0 Å². The number of aliphatic carboxylic acids is 1. The van der Waals surface area contributed by atoms with E-state index in [1.165, 1.54) is 0 Å². The topological polar surface area (TPSA) is 122 Å². The Bertz CT molecular complexity index is 345. The predicted molar refractivity (Wildman–Crippen MR) is 79.6 cm³/mol. The highest BCUT2D eigenvalue weighted by Gasteiger charge is 2.15. The number of nitrogens with one attached hydrogen (secondary N) is 2. The standard InChI is InChI=1S/C14H27N3O4/c1-10(2)7-11(8-13(19)20)9-17-14(21)16-6-4-3-5-12(15)18/h10-11H,3-9H2,1-2H3,(H2,15,18)(H,19,20)(H2,16,17,21)/t11-/m0/s1. The van der Waals surface area contributed by atoms with Crippen molar-refractivity contribution < 1.29 is 19.5 Å². The predicted octanol–water partition coefficient (Wildman–Crippen LogP) is 1.08. The van der Waals surface area contributed by atoms with Gasteiger partial charge in [-0.2, -0.15) is 0 Å². The van der Waals surface area contributed by atoms with Gasteiger partial charge in [-0.25, -0.2) is 4.79 Å². The first kappa shape index (κ1) is 19.2. The normalized spacial score (nSPS) is 12.0. The number of carbonyl (C=O) groups excluding carboxylic acids is 2. The maximum absolute atomic E-state index is 11.6. The molecule has 7 heteroatoms. The summed E-state index contributed by atoms with van der Waals surface area (Å²) in [6.45, 7) is 4.85. The molecule has 0 aromatic heterocycles. The van der Waals surface area contributed by atoms with Gasteiger partial charge >= 0.3 is 12.0 Å². The van der Waals surface area contributed by atoms with Gasteiger partial charge in [0.15, 0.2) is 0 Å². The number of amides is 3. The highest BCUT2D eigenvalue weighted by atomic mass is 16.4. The monoisotopic (exact) mass is 301 g/mol. The van der Waals surface area contributed by atoms with Crippen molar-refractivity contribution in [3.8, 4) is 0 Å². The minimum Gasteiger partial charge on any atom is -0.481 e. The molecule has 0 saturated carbocycles. The first-order valence-electron chi connectivity index (χ1n) is 7.33. The molecule has 5 N–H and O–H groups in total. The number of urea groups is 1. The number of nitrogens with two attached hydrogens (primary N) is 1. The molecule has 3 amide bonds. The molecule has 0 aromatic carbocycles. The fourth-order valence-electron chi connectivity index (χ4n) is 2.08. The molecule has 21 heavy (non-hydrogen) atoms. The third-order valence-corrected chi connectivity index (χ3v) is 2.95. The molecule has 0 saturated heterocycles. The van der Waals surface area contributed by atoms with Crippen LogP contribution in [0.5, 0.6) is 0 Å². The summed E-state index contributed by atoms with van der Waals surface area (Å²) in [4.78, 5) is 32.8. The van der Waals surface area contributed by atoms with Crippen LogP contribution in [0.4, 0.5) is 4.79 Å². The number of rotatable bonds is 11. The molecule has 0 rings (SSSR count). The lowest BCUT2D eigenvalue weighted by molar-refractivity contribution is -0.138. The maximum Gasteiger partial charge on any atom is 0.314 e. The van der Waals surface area contributed by atoms with Crippen LogP contribution in [0.2, 0.25) is 0 Å². The number of primary amides is 1. The molecular weight excluding hydrogens is 274 g/mol. The van der Waals surface area contributed by atoms with Crippen LogP contribution in [0.1, 0.15) is 46.0 Å². The average Bonchev–Trinajstić information content (AvgIpc) is 2.33. The summed E-state index contributed by atoms with van der Waals surface area (Å²) in [5.74, 6) is -0.880. The zero-order valence-corrected chi connectivity index (χ0v) is 12.9. The van der Waals surface area contributed by atoms with Crippen LogP contribution in [0.25, 0.3) is 0 Å². The summed E-state index contributed by atoms with van der Waals surface area (Å²) in [7, 11) is 0. The number of hydrogen-bond acceptors (Lipinski definition) is 3. The van der Waals surface area contributed by atoms with Gasteiger partial charge < -0.3 is 21.5 Å². The second-order valence-corrected chi connectivity index (χ2v) is 5.65. The van der Waals surface area contributed by atoms with Gasteiger partial charge in [-0.05, 0) is 31.1 Å². The van der Waals surface area contributed by atoms with Gasteiger partial charge in [-0.1, -0.05) is 13.8 Å². The second-order valence-electron chi connectivity index (χ2n) is 5.65. The largest absolute Gasteiger partial charge is 0.481 e. The van der Waals surface area contributed by atoms with Crippen LogP contribution >= 0.6 is 0 Å². The molecule has 122 valence electrons. The van der Waals surface area contributed by atoms with E-state index in [-0.39, 0.29) is 24.3 Å². The molecule has 0 aliphatic rings. The first-order chi connectivity index (χ1) is 9.81. The molecular formula is C14H27N3O4. The second kappa shape index (κ2) is 10.9. The Morgan fingerprint density at radius 2 is 1.81 bits per heavy atom. The van der Waals surface area contributed by atoms with E-state index in [0.29, 0.717) is 38.3 Å². The van der Waals surface area contributed by atoms with Crippen LogP contribution < -0.4 is 16.4 Å². The molecule has 0 aliphatic carbocycles. The van der Waals surface area contributed by atoms with Crippen molar-refractivity contribution in [1.82, 2.24) is 10.6 Å². The van der Waals surface area contributed by atoms with E-state index in [0.717, 1.165) is 6.42 Å². The van der Waals surface area contributed by atoms with Crippen LogP contribution in [-0.2, 0) is 9.59 Å². The minimum absolute atomic E-state index is 0.0527. The van der Waals surface area contributed by atoms with Crippen molar-refractivity contribution in [3.63, 3.8) is 0 Å². The third-order valence-electron chi connectivity index (χ3n) is 2.95. The van der Waals surface area contributed by atoms with Crippen molar-refractivity contribution in [2.75, 3.05) is 13.1 Å². The lowest BCUT2D eigenvalue weighted by atomic mass is 9.94. The van der Waals surface area contributed by atoms with E-state index >= 15 is 0 Å². The Kier molecular flexibility index (Phi) is 10.0. The van der Waals surface area contributed by atoms with E-state index in [1.807, 2.05) is 13.8 Å². The summed E-state index contributed by atoms with van der Waals surface area (Å²) < 4.78 is 0. The number of carboxylic acids is 1. The highest BCUT2D eigenvalue weighted by Crippen LogP contribution is 2.14. The van der Waals surface area contributed by atoms with E-state index in [4.69, 9.17) is 10.8 Å². The number of carbonyl (C=O) groups is 3. The smallest absolute Gasteiger partial charge is 0.314 e. The number of carboxylic acid groups (broad SMARTS) is 1. The molecule has 0 spiro atoms. The van der Waals surface area contributed by atoms with Crippen LogP contribution in [0.15, 0.2) is 0 Å². The van der Waals surface area contributed by atoms with Crippen LogP contribution in [-0.4, -0.2) is 36.1 Å². The quantitative estimate of drug-likeness (QED) is 0.426. The third kappa shape index (κ3) is 13.0. The Morgan fingerprint density at radius 3 is 2.33 bits per heavy atom. The van der Waals surface area contributed by atoms with Gasteiger partial charge in [-0.15, -0.1) is 0 Å². The highest BCUT2D eigenvalue weighted by molar-refractivity contribution is 5.74. The van der Waals surface area contributed by atoms with Gasteiger partial charge in [0.2, 0.25) is 5.91 Å². The van der Waals surface area contributed by atoms with Crippen LogP contribution in [0.3, 0.4) is 0 Å². The van der Waals surface area contributed by atoms with Crippen molar-refractivity contribution in [2.24, 2.45) is 17.6 Å². The molecule has 0 fully saturated rings. The first-order valence-corrected chi connectivity index (χ1v) is 7.33. The molecule has 0 bridgehead atoms. The van der Waals surface area contributed by atoms with Crippen molar-refractivity contribution >= 4 is 17.9 Å². The Morgan fingerprint density at radius 1 is 1.14 bits per heavy atom. The summed E-state index contributed by atoms with van der Waals surface area (Å²) >= 11 is 0. The lowest BCUT2D eigenvalue weighted by Crippen LogP contribution is -2.39. The van der Waals surface area contributed by atoms with Gasteiger partial charge in [0.1, 0.15) is 0 Å². The fourth-order valence-corrected chi connectivity index (χ4v) is 2.08. The van der Waals surface area contributed by atoms with Gasteiger partial charge in [0, 0.05) is 25.9 Å². The molecule has 0 aliphatic heterocycles. The van der Waals surface area contributed by atoms with Gasteiger partial charge in [0.25, 0.3) is 0 Å². The van der Waals surface area contributed by atoms with E-state index in [1.54, 1.807) is 0 Å². The van der Waals surface area contributed by atoms with Crippen molar-refractivity contribution in [1.29, 1.82) is 0 Å². The summed E-state index contributed by atoms with van der Waals surface area (Å²) in [6.07, 6.45) is 2.45. The lowest BCUT2D eigenvalue weighted by Gasteiger charge is -2.18. The maximum atomic E-state index is 11.6. The van der Waals surface area contributed by atoms with E-state index < -0.39 is 5.97 Å².